The predicted molar refractivity (Wildman–Crippen MR) is 81.0 cm³/mol. The molecule has 0 atom stereocenters. The van der Waals surface area contributed by atoms with Gasteiger partial charge in [-0.1, -0.05) is 63.2 Å². The van der Waals surface area contributed by atoms with Gasteiger partial charge in [0.25, 0.3) is 0 Å². The number of benzene rings is 2. The number of carbonyl (C=O) groups is 1. The van der Waals surface area contributed by atoms with Crippen LogP contribution in [0, 0.1) is 11.8 Å². The molecule has 0 fully saturated rings. The first kappa shape index (κ1) is 13.8. The van der Waals surface area contributed by atoms with Crippen LogP contribution in [-0.2, 0) is 11.2 Å². The van der Waals surface area contributed by atoms with E-state index in [-0.39, 0.29) is 5.41 Å². The Hall–Kier alpha value is -1.63. The maximum absolute atomic E-state index is 11.9. The summed E-state index contributed by atoms with van der Waals surface area (Å²) in [4.78, 5) is 11.9. The minimum absolute atomic E-state index is 0.241. The first-order valence-corrected chi connectivity index (χ1v) is 6.80. The van der Waals surface area contributed by atoms with E-state index in [1.807, 2.05) is 20.8 Å². The summed E-state index contributed by atoms with van der Waals surface area (Å²) >= 11 is 0. The molecule has 0 aliphatic rings. The second kappa shape index (κ2) is 5.56. The van der Waals surface area contributed by atoms with Crippen molar-refractivity contribution in [3.05, 3.63) is 54.4 Å². The van der Waals surface area contributed by atoms with Crippen molar-refractivity contribution in [2.24, 2.45) is 5.41 Å². The van der Waals surface area contributed by atoms with E-state index in [4.69, 9.17) is 0 Å². The monoisotopic (exact) mass is 253 g/mol. The third kappa shape index (κ3) is 3.44. The number of Topliss-reactive ketones (excluding diaryl/α,β-unsaturated/α-hetero) is 1. The van der Waals surface area contributed by atoms with E-state index in [1.54, 1.807) is 0 Å². The molecule has 0 N–H and O–H groups in total. The van der Waals surface area contributed by atoms with E-state index in [9.17, 15) is 4.79 Å². The Labute approximate surface area is 115 Å². The molecule has 0 spiro atoms. The number of rotatable bonds is 4. The largest absolute Gasteiger partial charge is 0.299 e. The fourth-order valence-corrected chi connectivity index (χ4v) is 2.14. The third-order valence-corrected chi connectivity index (χ3v) is 3.41. The Bertz CT molecular complexity index is 570. The molecule has 0 aromatic heterocycles. The molecular weight excluding hydrogens is 232 g/mol. The van der Waals surface area contributed by atoms with Crippen molar-refractivity contribution in [2.45, 2.75) is 33.6 Å². The highest BCUT2D eigenvalue weighted by molar-refractivity contribution is 5.86. The van der Waals surface area contributed by atoms with Crippen LogP contribution in [0.15, 0.2) is 42.5 Å². The van der Waals surface area contributed by atoms with Crippen LogP contribution < -0.4 is 0 Å². The molecule has 0 unspecified atom stereocenters. The van der Waals surface area contributed by atoms with Gasteiger partial charge in [0, 0.05) is 11.8 Å². The maximum Gasteiger partial charge on any atom is 0.138 e. The molecular formula is C18H21O. The average Bonchev–Trinajstić information content (AvgIpc) is 2.38. The lowest BCUT2D eigenvalue weighted by Gasteiger charge is -2.16. The molecule has 0 amide bonds. The molecule has 0 saturated heterocycles. The average molecular weight is 253 g/mol. The molecule has 2 aromatic carbocycles. The molecule has 99 valence electrons. The lowest BCUT2D eigenvalue weighted by Crippen LogP contribution is -2.20. The van der Waals surface area contributed by atoms with Crippen LogP contribution in [0.25, 0.3) is 10.8 Å². The van der Waals surface area contributed by atoms with E-state index in [1.165, 1.54) is 16.3 Å². The summed E-state index contributed by atoms with van der Waals surface area (Å²) in [7, 11) is 0. The maximum atomic E-state index is 11.9. The quantitative estimate of drug-likeness (QED) is 0.778. The Balaban J connectivity index is 2.05. The molecule has 0 aliphatic carbocycles. The predicted octanol–water partition coefficient (Wildman–Crippen LogP) is 4.59. The van der Waals surface area contributed by atoms with Gasteiger partial charge < -0.3 is 0 Å². The topological polar surface area (TPSA) is 17.1 Å². The van der Waals surface area contributed by atoms with Gasteiger partial charge in [-0.25, -0.2) is 0 Å². The van der Waals surface area contributed by atoms with Crippen LogP contribution in [-0.4, -0.2) is 5.78 Å². The summed E-state index contributed by atoms with van der Waals surface area (Å²) in [5.41, 5.74) is 1.05. The fourth-order valence-electron chi connectivity index (χ4n) is 2.14. The number of hydrogen-bond donors (Lipinski definition) is 0. The van der Waals surface area contributed by atoms with Crippen molar-refractivity contribution < 1.29 is 4.79 Å². The van der Waals surface area contributed by atoms with E-state index < -0.39 is 0 Å². The first-order chi connectivity index (χ1) is 8.98. The zero-order chi connectivity index (χ0) is 13.9. The fraction of sp³-hybridized carbons (Fsp3) is 0.333. The number of hydrogen-bond acceptors (Lipinski definition) is 1. The lowest BCUT2D eigenvalue weighted by molar-refractivity contribution is -0.125. The highest BCUT2D eigenvalue weighted by atomic mass is 16.1. The minimum atomic E-state index is -0.241. The zero-order valence-corrected chi connectivity index (χ0v) is 11.9. The summed E-state index contributed by atoms with van der Waals surface area (Å²) in [6.07, 6.45) is 3.49. The van der Waals surface area contributed by atoms with Crippen molar-refractivity contribution in [2.75, 3.05) is 0 Å². The van der Waals surface area contributed by atoms with Crippen molar-refractivity contribution in [1.82, 2.24) is 0 Å². The second-order valence-corrected chi connectivity index (χ2v) is 6.01. The van der Waals surface area contributed by atoms with Gasteiger partial charge in [0.05, 0.1) is 0 Å². The molecule has 0 saturated carbocycles. The standard InChI is InChI=1S/C18H21O/c1-18(2,3)17(19)13-7-11-15-10-6-9-14-8-4-5-12-16(14)15/h4-10,12H,11,13H2,1-3H3. The van der Waals surface area contributed by atoms with Crippen LogP contribution in [0.1, 0.15) is 32.8 Å². The molecule has 1 heteroatoms. The Kier molecular flexibility index (Phi) is 4.04. The van der Waals surface area contributed by atoms with Crippen LogP contribution in [0.5, 0.6) is 0 Å². The van der Waals surface area contributed by atoms with Crippen molar-refractivity contribution in [3.8, 4) is 0 Å². The highest BCUT2D eigenvalue weighted by Gasteiger charge is 2.20. The van der Waals surface area contributed by atoms with Gasteiger partial charge in [-0.15, -0.1) is 0 Å². The van der Waals surface area contributed by atoms with E-state index in [0.29, 0.717) is 12.2 Å². The first-order valence-electron chi connectivity index (χ1n) is 6.80. The third-order valence-electron chi connectivity index (χ3n) is 3.41. The molecule has 2 rings (SSSR count). The normalized spacial score (nSPS) is 11.7. The van der Waals surface area contributed by atoms with Crippen LogP contribution >= 0.6 is 0 Å². The minimum Gasteiger partial charge on any atom is -0.299 e. The lowest BCUT2D eigenvalue weighted by atomic mass is 9.87. The van der Waals surface area contributed by atoms with Crippen LogP contribution in [0.3, 0.4) is 0 Å². The van der Waals surface area contributed by atoms with Gasteiger partial charge in [0.2, 0.25) is 0 Å². The van der Waals surface area contributed by atoms with Crippen LogP contribution in [0.4, 0.5) is 0 Å². The summed E-state index contributed by atoms with van der Waals surface area (Å²) in [5.74, 6) is 0.299. The molecule has 19 heavy (non-hydrogen) atoms. The summed E-state index contributed by atoms with van der Waals surface area (Å²) < 4.78 is 0. The van der Waals surface area contributed by atoms with Gasteiger partial charge in [0.15, 0.2) is 0 Å². The van der Waals surface area contributed by atoms with E-state index >= 15 is 0 Å². The van der Waals surface area contributed by atoms with Crippen molar-refractivity contribution >= 4 is 16.6 Å². The molecule has 0 heterocycles. The smallest absolute Gasteiger partial charge is 0.138 e. The van der Waals surface area contributed by atoms with Gasteiger partial charge in [-0.3, -0.25) is 4.79 Å². The van der Waals surface area contributed by atoms with Crippen molar-refractivity contribution in [1.29, 1.82) is 0 Å². The Morgan fingerprint density at radius 3 is 2.47 bits per heavy atom. The molecule has 1 radical (unpaired) electrons. The van der Waals surface area contributed by atoms with Crippen molar-refractivity contribution in [3.63, 3.8) is 0 Å². The summed E-state index contributed by atoms with van der Waals surface area (Å²) in [5, 5.41) is 2.54. The summed E-state index contributed by atoms with van der Waals surface area (Å²) in [6.45, 7) is 5.92. The molecule has 0 aliphatic heterocycles. The van der Waals surface area contributed by atoms with Crippen LogP contribution in [0.2, 0.25) is 0 Å². The summed E-state index contributed by atoms with van der Waals surface area (Å²) in [6, 6.07) is 14.7. The van der Waals surface area contributed by atoms with E-state index in [0.717, 1.165) is 6.42 Å². The number of fused-ring (bicyclic) bond motifs is 1. The number of ketones is 1. The Morgan fingerprint density at radius 1 is 1.05 bits per heavy atom. The molecule has 1 nitrogen and oxygen atoms in total. The number of carbonyl (C=O) groups excluding carboxylic acids is 1. The SMILES string of the molecule is CC(C)(C)C(=O)C[CH]Cc1cccc2ccccc12. The van der Waals surface area contributed by atoms with E-state index in [2.05, 4.69) is 48.9 Å². The highest BCUT2D eigenvalue weighted by Crippen LogP contribution is 2.22. The van der Waals surface area contributed by atoms with Gasteiger partial charge in [-0.2, -0.15) is 0 Å². The van der Waals surface area contributed by atoms with Gasteiger partial charge >= 0.3 is 0 Å². The molecule has 2 aromatic rings. The van der Waals surface area contributed by atoms with Gasteiger partial charge in [-0.05, 0) is 29.2 Å². The second-order valence-electron chi connectivity index (χ2n) is 6.01. The zero-order valence-electron chi connectivity index (χ0n) is 11.9. The van der Waals surface area contributed by atoms with Gasteiger partial charge in [0.1, 0.15) is 5.78 Å². The molecule has 0 bridgehead atoms. The Morgan fingerprint density at radius 2 is 1.74 bits per heavy atom.